The van der Waals surface area contributed by atoms with Gasteiger partial charge in [-0.15, -0.1) is 0 Å². The van der Waals surface area contributed by atoms with Crippen molar-refractivity contribution >= 4 is 5.91 Å². The largest absolute Gasteiger partial charge is 0.356 e. The predicted molar refractivity (Wildman–Crippen MR) is 107 cm³/mol. The zero-order chi connectivity index (χ0) is 19.9. The number of nitrogens with one attached hydrogen (secondary N) is 1. The molecule has 0 heterocycles. The second-order valence-electron chi connectivity index (χ2n) is 7.30. The van der Waals surface area contributed by atoms with Gasteiger partial charge in [0.05, 0.1) is 5.41 Å². The summed E-state index contributed by atoms with van der Waals surface area (Å²) in [5.74, 6) is -1.03. The molecule has 1 N–H and O–H groups in total. The molecular formula is C21H43NO4. The lowest BCUT2D eigenvalue weighted by Crippen LogP contribution is -2.53. The van der Waals surface area contributed by atoms with Crippen LogP contribution in [0.25, 0.3) is 0 Å². The minimum atomic E-state index is -1.04. The van der Waals surface area contributed by atoms with E-state index in [0.29, 0.717) is 6.54 Å². The van der Waals surface area contributed by atoms with Crippen molar-refractivity contribution in [2.24, 2.45) is 5.41 Å². The highest BCUT2D eigenvalue weighted by Crippen LogP contribution is 2.48. The predicted octanol–water partition coefficient (Wildman–Crippen LogP) is 5.03. The molecule has 156 valence electrons. The van der Waals surface area contributed by atoms with Gasteiger partial charge in [0.1, 0.15) is 0 Å². The maximum Gasteiger partial charge on any atom is 0.288 e. The maximum atomic E-state index is 11.2. The van der Waals surface area contributed by atoms with Crippen molar-refractivity contribution in [3.05, 3.63) is 0 Å². The van der Waals surface area contributed by atoms with Gasteiger partial charge in [0.25, 0.3) is 5.97 Å². The fourth-order valence-corrected chi connectivity index (χ4v) is 4.15. The van der Waals surface area contributed by atoms with E-state index in [0.717, 1.165) is 38.5 Å². The monoisotopic (exact) mass is 373 g/mol. The molecule has 0 bridgehead atoms. The molecule has 0 aromatic heterocycles. The minimum absolute atomic E-state index is 0.0125. The van der Waals surface area contributed by atoms with Gasteiger partial charge in [-0.3, -0.25) is 4.79 Å². The molecule has 0 saturated heterocycles. The van der Waals surface area contributed by atoms with Crippen LogP contribution in [0.1, 0.15) is 91.4 Å². The van der Waals surface area contributed by atoms with Gasteiger partial charge in [-0.05, 0) is 25.7 Å². The minimum Gasteiger partial charge on any atom is -0.356 e. The highest BCUT2D eigenvalue weighted by atomic mass is 16.9. The SMILES string of the molecule is CCCCCCCCC(CCC)(CCCNC(C)=O)C(OC)(OC)OC. The number of methoxy groups -OCH3 is 3. The van der Waals surface area contributed by atoms with E-state index >= 15 is 0 Å². The summed E-state index contributed by atoms with van der Waals surface area (Å²) < 4.78 is 17.4. The maximum absolute atomic E-state index is 11.2. The number of hydrogen-bond donors (Lipinski definition) is 1. The van der Waals surface area contributed by atoms with Gasteiger partial charge in [0.2, 0.25) is 5.91 Å². The van der Waals surface area contributed by atoms with Gasteiger partial charge in [-0.1, -0.05) is 58.8 Å². The molecule has 0 aromatic carbocycles. The first kappa shape index (κ1) is 25.4. The molecule has 1 unspecified atom stereocenters. The van der Waals surface area contributed by atoms with Crippen LogP contribution in [0, 0.1) is 5.41 Å². The van der Waals surface area contributed by atoms with Crippen LogP contribution in [0.2, 0.25) is 0 Å². The summed E-state index contributed by atoms with van der Waals surface area (Å²) in [6, 6.07) is 0. The lowest BCUT2D eigenvalue weighted by Gasteiger charge is -2.47. The number of rotatable bonds is 17. The molecule has 0 aliphatic carbocycles. The summed E-state index contributed by atoms with van der Waals surface area (Å²) >= 11 is 0. The standard InChI is InChI=1S/C21H43NO4/c1-7-9-10-11-12-13-16-20(15-8-2,17-14-18-22-19(3)23)21(24-4,25-5)26-6/h7-18H2,1-6H3,(H,22,23). The first-order valence-electron chi connectivity index (χ1n) is 10.4. The van der Waals surface area contributed by atoms with E-state index in [1.54, 1.807) is 28.3 Å². The Labute approximate surface area is 161 Å². The fourth-order valence-electron chi connectivity index (χ4n) is 4.15. The van der Waals surface area contributed by atoms with Crippen molar-refractivity contribution < 1.29 is 19.0 Å². The molecule has 0 saturated carbocycles. The summed E-state index contributed by atoms with van der Waals surface area (Å²) in [5, 5.41) is 2.89. The highest BCUT2D eigenvalue weighted by Gasteiger charge is 2.52. The molecule has 0 rings (SSSR count). The lowest BCUT2D eigenvalue weighted by molar-refractivity contribution is -0.411. The van der Waals surface area contributed by atoms with E-state index in [-0.39, 0.29) is 11.3 Å². The first-order chi connectivity index (χ1) is 12.5. The van der Waals surface area contributed by atoms with Gasteiger partial charge in [-0.25, -0.2) is 0 Å². The van der Waals surface area contributed by atoms with Gasteiger partial charge in [0.15, 0.2) is 0 Å². The summed E-state index contributed by atoms with van der Waals surface area (Å²) in [7, 11) is 4.98. The number of carbonyl (C=O) groups excluding carboxylic acids is 1. The molecule has 26 heavy (non-hydrogen) atoms. The van der Waals surface area contributed by atoms with Crippen LogP contribution in [0.15, 0.2) is 0 Å². The second-order valence-corrected chi connectivity index (χ2v) is 7.30. The number of amides is 1. The van der Waals surface area contributed by atoms with E-state index in [2.05, 4.69) is 19.2 Å². The molecule has 0 spiro atoms. The molecule has 0 aliphatic rings. The quantitative estimate of drug-likeness (QED) is 0.287. The Hall–Kier alpha value is -0.650. The van der Waals surface area contributed by atoms with Crippen LogP contribution in [0.4, 0.5) is 0 Å². The van der Waals surface area contributed by atoms with Crippen LogP contribution < -0.4 is 5.32 Å². The Balaban J connectivity index is 5.11. The Kier molecular flexibility index (Phi) is 14.1. The van der Waals surface area contributed by atoms with Crippen LogP contribution in [-0.2, 0) is 19.0 Å². The zero-order valence-corrected chi connectivity index (χ0v) is 18.1. The number of ether oxygens (including phenoxy) is 3. The third-order valence-electron chi connectivity index (χ3n) is 5.40. The normalized spacial score (nSPS) is 14.2. The van der Waals surface area contributed by atoms with Crippen LogP contribution in [0.3, 0.4) is 0 Å². The van der Waals surface area contributed by atoms with Gasteiger partial charge in [-0.2, -0.15) is 0 Å². The average molecular weight is 374 g/mol. The Morgan fingerprint density at radius 3 is 1.81 bits per heavy atom. The molecule has 5 heteroatoms. The smallest absolute Gasteiger partial charge is 0.288 e. The van der Waals surface area contributed by atoms with Crippen molar-refractivity contribution in [3.63, 3.8) is 0 Å². The Morgan fingerprint density at radius 1 is 0.769 bits per heavy atom. The van der Waals surface area contributed by atoms with Crippen molar-refractivity contribution in [1.29, 1.82) is 0 Å². The van der Waals surface area contributed by atoms with E-state index < -0.39 is 5.97 Å². The van der Waals surface area contributed by atoms with Gasteiger partial charge >= 0.3 is 0 Å². The highest BCUT2D eigenvalue weighted by molar-refractivity contribution is 5.72. The van der Waals surface area contributed by atoms with Crippen LogP contribution >= 0.6 is 0 Å². The Morgan fingerprint density at radius 2 is 1.31 bits per heavy atom. The van der Waals surface area contributed by atoms with Crippen molar-refractivity contribution in [3.8, 4) is 0 Å². The summed E-state index contributed by atoms with van der Waals surface area (Å²) in [4.78, 5) is 11.2. The van der Waals surface area contributed by atoms with Crippen LogP contribution in [-0.4, -0.2) is 39.8 Å². The second kappa shape index (κ2) is 14.4. The van der Waals surface area contributed by atoms with E-state index in [1.807, 2.05) is 0 Å². The van der Waals surface area contributed by atoms with E-state index in [4.69, 9.17) is 14.2 Å². The summed E-state index contributed by atoms with van der Waals surface area (Å²) in [5.41, 5.74) is -0.219. The summed E-state index contributed by atoms with van der Waals surface area (Å²) in [6.45, 7) is 6.66. The molecule has 0 fully saturated rings. The lowest BCUT2D eigenvalue weighted by atomic mass is 9.72. The first-order valence-corrected chi connectivity index (χ1v) is 10.4. The molecule has 1 atom stereocenters. The van der Waals surface area contributed by atoms with Crippen LogP contribution in [0.5, 0.6) is 0 Å². The molecule has 0 aliphatic heterocycles. The molecule has 5 nitrogen and oxygen atoms in total. The Bertz CT molecular complexity index is 350. The third-order valence-corrected chi connectivity index (χ3v) is 5.40. The van der Waals surface area contributed by atoms with Gasteiger partial charge in [0, 0.05) is 34.8 Å². The van der Waals surface area contributed by atoms with Crippen molar-refractivity contribution in [1.82, 2.24) is 5.32 Å². The van der Waals surface area contributed by atoms with E-state index in [9.17, 15) is 4.79 Å². The topological polar surface area (TPSA) is 56.8 Å². The van der Waals surface area contributed by atoms with Crippen molar-refractivity contribution in [2.75, 3.05) is 27.9 Å². The average Bonchev–Trinajstić information content (AvgIpc) is 2.63. The van der Waals surface area contributed by atoms with Gasteiger partial charge < -0.3 is 19.5 Å². The molecular weight excluding hydrogens is 330 g/mol. The fraction of sp³-hybridized carbons (Fsp3) is 0.952. The zero-order valence-electron chi connectivity index (χ0n) is 18.1. The number of unbranched alkanes of at least 4 members (excludes halogenated alkanes) is 5. The third kappa shape index (κ3) is 7.93. The molecule has 0 radical (unpaired) electrons. The summed E-state index contributed by atoms with van der Waals surface area (Å²) in [6.07, 6.45) is 12.3. The number of carbonyl (C=O) groups is 1. The molecule has 1 amide bonds. The van der Waals surface area contributed by atoms with E-state index in [1.165, 1.54) is 32.1 Å². The molecule has 0 aromatic rings. The van der Waals surface area contributed by atoms with Crippen molar-refractivity contribution in [2.45, 2.75) is 97.4 Å². The number of hydrogen-bond acceptors (Lipinski definition) is 4.